The summed E-state index contributed by atoms with van der Waals surface area (Å²) in [6, 6.07) is 6.86. The van der Waals surface area contributed by atoms with Gasteiger partial charge < -0.3 is 10.1 Å². The van der Waals surface area contributed by atoms with Crippen molar-refractivity contribution in [3.8, 4) is 0 Å². The minimum Gasteiger partial charge on any atom is -0.370 e. The van der Waals surface area contributed by atoms with Crippen LogP contribution in [0, 0.1) is 5.82 Å². The smallest absolute Gasteiger partial charge is 0.123 e. The Morgan fingerprint density at radius 1 is 1.19 bits per heavy atom. The lowest BCUT2D eigenvalue weighted by Gasteiger charge is -2.33. The third kappa shape index (κ3) is 4.04. The molecule has 1 N–H and O–H groups in total. The molecule has 21 heavy (non-hydrogen) atoms. The molecule has 1 spiro atoms. The predicted molar refractivity (Wildman–Crippen MR) is 82.9 cm³/mol. The number of hydrogen-bond donors (Lipinski definition) is 1. The molecule has 2 aliphatic rings. The third-order valence-corrected chi connectivity index (χ3v) is 4.95. The van der Waals surface area contributed by atoms with E-state index >= 15 is 0 Å². The third-order valence-electron chi connectivity index (χ3n) is 4.95. The zero-order valence-electron chi connectivity index (χ0n) is 12.7. The van der Waals surface area contributed by atoms with E-state index in [2.05, 4.69) is 5.32 Å². The Morgan fingerprint density at radius 2 is 2.05 bits per heavy atom. The van der Waals surface area contributed by atoms with Gasteiger partial charge in [0.25, 0.3) is 0 Å². The fourth-order valence-electron chi connectivity index (χ4n) is 3.79. The largest absolute Gasteiger partial charge is 0.370 e. The van der Waals surface area contributed by atoms with Crippen LogP contribution in [-0.2, 0) is 11.2 Å². The van der Waals surface area contributed by atoms with Gasteiger partial charge in [0.1, 0.15) is 5.82 Å². The van der Waals surface area contributed by atoms with Crippen molar-refractivity contribution in [3.63, 3.8) is 0 Å². The van der Waals surface area contributed by atoms with Crippen LogP contribution in [0.25, 0.3) is 0 Å². The van der Waals surface area contributed by atoms with Crippen molar-refractivity contribution < 1.29 is 9.13 Å². The first-order chi connectivity index (χ1) is 10.3. The number of ether oxygens (including phenoxy) is 1. The summed E-state index contributed by atoms with van der Waals surface area (Å²) in [5.41, 5.74) is 1.27. The highest BCUT2D eigenvalue weighted by Gasteiger charge is 2.40. The summed E-state index contributed by atoms with van der Waals surface area (Å²) in [5.74, 6) is -0.147. The molecule has 3 rings (SSSR count). The Kier molecular flexibility index (Phi) is 4.91. The number of nitrogens with one attached hydrogen (secondary N) is 1. The fraction of sp³-hybridized carbons (Fsp3) is 0.667. The van der Waals surface area contributed by atoms with Crippen LogP contribution in [0.2, 0.25) is 0 Å². The summed E-state index contributed by atoms with van der Waals surface area (Å²) in [7, 11) is 0. The zero-order chi connectivity index (χ0) is 14.5. The highest BCUT2D eigenvalue weighted by atomic mass is 19.1. The Labute approximate surface area is 127 Å². The van der Waals surface area contributed by atoms with Gasteiger partial charge in [0, 0.05) is 6.54 Å². The van der Waals surface area contributed by atoms with Crippen molar-refractivity contribution >= 4 is 0 Å². The lowest BCUT2D eigenvalue weighted by molar-refractivity contribution is -0.0622. The molecular formula is C18H26FNO. The highest BCUT2D eigenvalue weighted by molar-refractivity contribution is 5.16. The van der Waals surface area contributed by atoms with Gasteiger partial charge in [-0.3, -0.25) is 0 Å². The summed E-state index contributed by atoms with van der Waals surface area (Å²) in [5, 5.41) is 3.47. The van der Waals surface area contributed by atoms with Gasteiger partial charge in [-0.2, -0.15) is 0 Å². The quantitative estimate of drug-likeness (QED) is 0.832. The maximum absolute atomic E-state index is 13.1. The van der Waals surface area contributed by atoms with E-state index in [1.54, 1.807) is 12.1 Å². The highest BCUT2D eigenvalue weighted by Crippen LogP contribution is 2.41. The lowest BCUT2D eigenvalue weighted by atomic mass is 9.83. The van der Waals surface area contributed by atoms with E-state index in [1.165, 1.54) is 51.0 Å². The number of benzene rings is 1. The number of halogens is 1. The number of rotatable bonds is 5. The van der Waals surface area contributed by atoms with Crippen LogP contribution >= 0.6 is 0 Å². The Morgan fingerprint density at radius 3 is 2.86 bits per heavy atom. The first kappa shape index (κ1) is 15.0. The molecule has 1 unspecified atom stereocenters. The second-order valence-corrected chi connectivity index (χ2v) is 6.61. The SMILES string of the molecule is Fc1cccc(CCNCC2CCC3(CCCCC3)O2)c1. The standard InChI is InChI=1S/C18H26FNO/c19-16-6-4-5-15(13-16)8-12-20-14-17-7-11-18(21-17)9-2-1-3-10-18/h4-6,13,17,20H,1-3,7-12,14H2. The minimum absolute atomic E-state index is 0.147. The van der Waals surface area contributed by atoms with Gasteiger partial charge >= 0.3 is 0 Å². The second-order valence-electron chi connectivity index (χ2n) is 6.61. The van der Waals surface area contributed by atoms with E-state index in [4.69, 9.17) is 4.74 Å². The molecule has 0 bridgehead atoms. The van der Waals surface area contributed by atoms with Crippen molar-refractivity contribution in [3.05, 3.63) is 35.6 Å². The first-order valence-corrected chi connectivity index (χ1v) is 8.39. The van der Waals surface area contributed by atoms with Gasteiger partial charge in [0.2, 0.25) is 0 Å². The molecule has 0 amide bonds. The molecule has 0 radical (unpaired) electrons. The summed E-state index contributed by atoms with van der Waals surface area (Å²) >= 11 is 0. The van der Waals surface area contributed by atoms with Crippen LogP contribution in [0.3, 0.4) is 0 Å². The Bertz CT molecular complexity index is 456. The predicted octanol–water partition coefficient (Wildman–Crippen LogP) is 3.84. The van der Waals surface area contributed by atoms with Crippen molar-refractivity contribution in [1.82, 2.24) is 5.32 Å². The average molecular weight is 291 g/mol. The maximum atomic E-state index is 13.1. The number of hydrogen-bond acceptors (Lipinski definition) is 2. The van der Waals surface area contributed by atoms with Gasteiger partial charge in [0.05, 0.1) is 11.7 Å². The van der Waals surface area contributed by atoms with Crippen LogP contribution in [0.1, 0.15) is 50.5 Å². The van der Waals surface area contributed by atoms with Gasteiger partial charge in [-0.05, 0) is 56.3 Å². The molecule has 1 aliphatic carbocycles. The van der Waals surface area contributed by atoms with Crippen LogP contribution in [0.4, 0.5) is 4.39 Å². The van der Waals surface area contributed by atoms with E-state index in [0.29, 0.717) is 6.10 Å². The van der Waals surface area contributed by atoms with Crippen LogP contribution in [0.15, 0.2) is 24.3 Å². The average Bonchev–Trinajstić information content (AvgIpc) is 2.87. The molecule has 1 atom stereocenters. The molecule has 0 aromatic heterocycles. The Balaban J connectivity index is 1.36. The Hall–Kier alpha value is -0.930. The fourth-order valence-corrected chi connectivity index (χ4v) is 3.79. The first-order valence-electron chi connectivity index (χ1n) is 8.39. The molecule has 1 aromatic carbocycles. The van der Waals surface area contributed by atoms with Gasteiger partial charge in [-0.25, -0.2) is 4.39 Å². The summed E-state index contributed by atoms with van der Waals surface area (Å²) in [4.78, 5) is 0. The van der Waals surface area contributed by atoms with Crippen molar-refractivity contribution in [2.45, 2.75) is 63.1 Å². The molecule has 3 heteroatoms. The molecule has 1 heterocycles. The lowest BCUT2D eigenvalue weighted by Crippen LogP contribution is -2.35. The van der Waals surface area contributed by atoms with E-state index in [-0.39, 0.29) is 11.4 Å². The van der Waals surface area contributed by atoms with Crippen molar-refractivity contribution in [2.24, 2.45) is 0 Å². The molecule has 1 aromatic rings. The molecule has 1 saturated heterocycles. The topological polar surface area (TPSA) is 21.3 Å². The molecule has 2 nitrogen and oxygen atoms in total. The van der Waals surface area contributed by atoms with Crippen molar-refractivity contribution in [1.29, 1.82) is 0 Å². The van der Waals surface area contributed by atoms with Gasteiger partial charge in [0.15, 0.2) is 0 Å². The van der Waals surface area contributed by atoms with Gasteiger partial charge in [-0.15, -0.1) is 0 Å². The molecular weight excluding hydrogens is 265 g/mol. The second kappa shape index (κ2) is 6.89. The monoisotopic (exact) mass is 291 g/mol. The van der Waals surface area contributed by atoms with Crippen LogP contribution < -0.4 is 5.32 Å². The summed E-state index contributed by atoms with van der Waals surface area (Å²) < 4.78 is 19.4. The molecule has 1 aliphatic heterocycles. The summed E-state index contributed by atoms with van der Waals surface area (Å²) in [6.07, 6.45) is 10.2. The van der Waals surface area contributed by atoms with Crippen LogP contribution in [0.5, 0.6) is 0 Å². The van der Waals surface area contributed by atoms with Gasteiger partial charge in [-0.1, -0.05) is 31.4 Å². The van der Waals surface area contributed by atoms with E-state index in [9.17, 15) is 4.39 Å². The van der Waals surface area contributed by atoms with Crippen molar-refractivity contribution in [2.75, 3.05) is 13.1 Å². The van der Waals surface area contributed by atoms with Crippen LogP contribution in [-0.4, -0.2) is 24.8 Å². The van der Waals surface area contributed by atoms with E-state index < -0.39 is 0 Å². The zero-order valence-corrected chi connectivity index (χ0v) is 12.7. The molecule has 116 valence electrons. The molecule has 1 saturated carbocycles. The van der Waals surface area contributed by atoms with E-state index in [1.807, 2.05) is 6.07 Å². The van der Waals surface area contributed by atoms with E-state index in [0.717, 1.165) is 25.1 Å². The minimum atomic E-state index is -0.147. The summed E-state index contributed by atoms with van der Waals surface area (Å²) in [6.45, 7) is 1.81. The molecule has 2 fully saturated rings. The normalized spacial score (nSPS) is 24.5. The maximum Gasteiger partial charge on any atom is 0.123 e.